The predicted octanol–water partition coefficient (Wildman–Crippen LogP) is 2.08. The van der Waals surface area contributed by atoms with E-state index in [-0.39, 0.29) is 6.42 Å². The molecular weight excluding hydrogens is 313 g/mol. The summed E-state index contributed by atoms with van der Waals surface area (Å²) in [5.74, 6) is -0.906. The molecule has 14 heavy (non-hydrogen) atoms. The molecule has 0 saturated heterocycles. The van der Waals surface area contributed by atoms with Gasteiger partial charge in [0.1, 0.15) is 6.07 Å². The number of nitriles is 1. The maximum Gasteiger partial charge on any atom is 0.307 e. The number of carboxylic acids is 1. The molecular formula is C9H6INO2S. The van der Waals surface area contributed by atoms with Gasteiger partial charge >= 0.3 is 5.97 Å². The van der Waals surface area contributed by atoms with E-state index >= 15 is 0 Å². The first-order valence-corrected chi connectivity index (χ1v) is 5.20. The van der Waals surface area contributed by atoms with Crippen LogP contribution in [0.25, 0.3) is 0 Å². The minimum atomic E-state index is -0.906. The van der Waals surface area contributed by atoms with E-state index in [0.717, 1.165) is 3.57 Å². The van der Waals surface area contributed by atoms with Crippen LogP contribution in [-0.4, -0.2) is 11.1 Å². The highest BCUT2D eigenvalue weighted by Gasteiger charge is 2.08. The van der Waals surface area contributed by atoms with E-state index in [1.54, 1.807) is 12.1 Å². The van der Waals surface area contributed by atoms with E-state index in [9.17, 15) is 4.79 Å². The quantitative estimate of drug-likeness (QED) is 0.648. The molecule has 0 fully saturated rings. The number of benzene rings is 1. The molecule has 0 aliphatic rings. The molecule has 0 bridgehead atoms. The largest absolute Gasteiger partial charge is 0.481 e. The first-order valence-electron chi connectivity index (χ1n) is 3.68. The average molecular weight is 319 g/mol. The van der Waals surface area contributed by atoms with E-state index in [2.05, 4.69) is 12.6 Å². The van der Waals surface area contributed by atoms with Gasteiger partial charge in [-0.05, 0) is 40.3 Å². The lowest BCUT2D eigenvalue weighted by Gasteiger charge is -2.03. The number of aliphatic carboxylic acids is 1. The molecule has 3 nitrogen and oxygen atoms in total. The first-order chi connectivity index (χ1) is 6.54. The lowest BCUT2D eigenvalue weighted by molar-refractivity contribution is -0.136. The fourth-order valence-corrected chi connectivity index (χ4v) is 1.89. The summed E-state index contributed by atoms with van der Waals surface area (Å²) in [6.45, 7) is 0. The summed E-state index contributed by atoms with van der Waals surface area (Å²) < 4.78 is 0.793. The number of nitrogens with zero attached hydrogens (tertiary/aromatic N) is 1. The Morgan fingerprint density at radius 3 is 2.79 bits per heavy atom. The van der Waals surface area contributed by atoms with Gasteiger partial charge in [0.05, 0.1) is 12.0 Å². The third kappa shape index (κ3) is 2.62. The van der Waals surface area contributed by atoms with Crippen molar-refractivity contribution in [3.8, 4) is 6.07 Å². The summed E-state index contributed by atoms with van der Waals surface area (Å²) in [7, 11) is 0. The lowest BCUT2D eigenvalue weighted by atomic mass is 10.1. The summed E-state index contributed by atoms with van der Waals surface area (Å²) in [5, 5.41) is 17.3. The standard InChI is InChI=1S/C9H6INO2S/c10-7-2-5(3-8(12)13)1-6(4-11)9(7)14/h1-2,14H,3H2,(H,12,13). The van der Waals surface area contributed by atoms with Crippen molar-refractivity contribution in [2.45, 2.75) is 11.3 Å². The Morgan fingerprint density at radius 1 is 1.64 bits per heavy atom. The second kappa shape index (κ2) is 4.66. The molecule has 0 spiro atoms. The molecule has 1 rings (SSSR count). The summed E-state index contributed by atoms with van der Waals surface area (Å²) in [6, 6.07) is 5.25. The van der Waals surface area contributed by atoms with Crippen LogP contribution in [0.15, 0.2) is 17.0 Å². The monoisotopic (exact) mass is 319 g/mol. The van der Waals surface area contributed by atoms with Gasteiger partial charge in [0.2, 0.25) is 0 Å². The molecule has 0 heterocycles. The van der Waals surface area contributed by atoms with E-state index in [0.29, 0.717) is 16.0 Å². The van der Waals surface area contributed by atoms with Crippen molar-refractivity contribution in [1.29, 1.82) is 5.26 Å². The number of hydrogen-bond donors (Lipinski definition) is 2. The normalized spacial score (nSPS) is 9.50. The second-order valence-electron chi connectivity index (χ2n) is 2.66. The van der Waals surface area contributed by atoms with Crippen molar-refractivity contribution < 1.29 is 9.90 Å². The van der Waals surface area contributed by atoms with Crippen molar-refractivity contribution >= 4 is 41.2 Å². The van der Waals surface area contributed by atoms with Crippen LogP contribution in [0.5, 0.6) is 0 Å². The number of carboxylic acid groups (broad SMARTS) is 1. The van der Waals surface area contributed by atoms with E-state index in [1.807, 2.05) is 28.7 Å². The van der Waals surface area contributed by atoms with Crippen LogP contribution in [-0.2, 0) is 11.2 Å². The number of carbonyl (C=O) groups is 1. The number of rotatable bonds is 2. The predicted molar refractivity (Wildman–Crippen MR) is 62.5 cm³/mol. The van der Waals surface area contributed by atoms with Gasteiger partial charge < -0.3 is 5.11 Å². The molecule has 0 amide bonds. The van der Waals surface area contributed by atoms with Crippen molar-refractivity contribution in [3.05, 3.63) is 26.8 Å². The molecule has 1 aromatic carbocycles. The van der Waals surface area contributed by atoms with Gasteiger partial charge in [-0.15, -0.1) is 12.6 Å². The van der Waals surface area contributed by atoms with Crippen LogP contribution in [0.1, 0.15) is 11.1 Å². The van der Waals surface area contributed by atoms with E-state index in [1.165, 1.54) is 0 Å². The van der Waals surface area contributed by atoms with Crippen LogP contribution in [0.2, 0.25) is 0 Å². The van der Waals surface area contributed by atoms with Gasteiger partial charge in [-0.1, -0.05) is 0 Å². The first kappa shape index (κ1) is 11.3. The van der Waals surface area contributed by atoms with Crippen molar-refractivity contribution in [3.63, 3.8) is 0 Å². The topological polar surface area (TPSA) is 61.1 Å². The zero-order valence-corrected chi connectivity index (χ0v) is 10.0. The Hall–Kier alpha value is -0.740. The van der Waals surface area contributed by atoms with Crippen LogP contribution >= 0.6 is 35.2 Å². The molecule has 1 N–H and O–H groups in total. The highest BCUT2D eigenvalue weighted by Crippen LogP contribution is 2.22. The smallest absolute Gasteiger partial charge is 0.307 e. The number of thiol groups is 1. The molecule has 0 saturated carbocycles. The third-order valence-electron chi connectivity index (χ3n) is 1.60. The zero-order chi connectivity index (χ0) is 10.7. The number of hydrogen-bond acceptors (Lipinski definition) is 3. The van der Waals surface area contributed by atoms with Crippen molar-refractivity contribution in [1.82, 2.24) is 0 Å². The molecule has 0 unspecified atom stereocenters. The summed E-state index contributed by atoms with van der Waals surface area (Å²) in [5.41, 5.74) is 1.03. The second-order valence-corrected chi connectivity index (χ2v) is 4.27. The van der Waals surface area contributed by atoms with Gasteiger partial charge in [-0.25, -0.2) is 0 Å². The third-order valence-corrected chi connectivity index (χ3v) is 3.36. The fraction of sp³-hybridized carbons (Fsp3) is 0.111. The Balaban J connectivity index is 3.18. The van der Waals surface area contributed by atoms with Gasteiger partial charge in [-0.3, -0.25) is 4.79 Å². The Morgan fingerprint density at radius 2 is 2.29 bits per heavy atom. The average Bonchev–Trinajstić information content (AvgIpc) is 2.10. The van der Waals surface area contributed by atoms with Crippen molar-refractivity contribution in [2.24, 2.45) is 0 Å². The summed E-state index contributed by atoms with van der Waals surface area (Å²) >= 11 is 6.18. The van der Waals surface area contributed by atoms with E-state index < -0.39 is 5.97 Å². The molecule has 0 aliphatic carbocycles. The molecule has 0 radical (unpaired) electrons. The van der Waals surface area contributed by atoms with Gasteiger partial charge in [-0.2, -0.15) is 5.26 Å². The molecule has 5 heteroatoms. The Kier molecular flexibility index (Phi) is 3.77. The Labute approximate surface area is 100 Å². The zero-order valence-electron chi connectivity index (χ0n) is 6.99. The molecule has 72 valence electrons. The SMILES string of the molecule is N#Cc1cc(CC(=O)O)cc(I)c1S. The van der Waals surface area contributed by atoms with Crippen LogP contribution in [0.4, 0.5) is 0 Å². The maximum absolute atomic E-state index is 10.5. The fourth-order valence-electron chi connectivity index (χ4n) is 1.02. The van der Waals surface area contributed by atoms with Gasteiger partial charge in [0.15, 0.2) is 0 Å². The minimum absolute atomic E-state index is 0.0707. The summed E-state index contributed by atoms with van der Waals surface area (Å²) in [4.78, 5) is 11.1. The molecule has 0 aromatic heterocycles. The van der Waals surface area contributed by atoms with Gasteiger partial charge in [0.25, 0.3) is 0 Å². The van der Waals surface area contributed by atoms with Crippen molar-refractivity contribution in [2.75, 3.05) is 0 Å². The highest BCUT2D eigenvalue weighted by atomic mass is 127. The molecule has 1 aromatic rings. The molecule has 0 atom stereocenters. The van der Waals surface area contributed by atoms with Gasteiger partial charge in [0, 0.05) is 8.47 Å². The summed E-state index contributed by atoms with van der Waals surface area (Å²) in [6.07, 6.45) is -0.0707. The minimum Gasteiger partial charge on any atom is -0.481 e. The Bertz CT molecular complexity index is 426. The number of halogens is 1. The molecule has 0 aliphatic heterocycles. The van der Waals surface area contributed by atoms with Crippen LogP contribution in [0.3, 0.4) is 0 Å². The maximum atomic E-state index is 10.5. The van der Waals surface area contributed by atoms with E-state index in [4.69, 9.17) is 10.4 Å². The van der Waals surface area contributed by atoms with Crippen LogP contribution in [0, 0.1) is 14.9 Å². The highest BCUT2D eigenvalue weighted by molar-refractivity contribution is 14.1. The van der Waals surface area contributed by atoms with Crippen LogP contribution < -0.4 is 0 Å². The lowest BCUT2D eigenvalue weighted by Crippen LogP contribution is -2.01.